The lowest BCUT2D eigenvalue weighted by molar-refractivity contribution is -0.293. The molecule has 0 aliphatic carbocycles. The molecule has 0 spiro atoms. The highest BCUT2D eigenvalue weighted by Crippen LogP contribution is 2.47. The summed E-state index contributed by atoms with van der Waals surface area (Å²) in [4.78, 5) is 0. The first-order valence-electron chi connectivity index (χ1n) is 6.36. The Hall–Kier alpha value is -1.81. The molecule has 1 aliphatic heterocycles. The Morgan fingerprint density at radius 3 is 2.10 bits per heavy atom. The van der Waals surface area contributed by atoms with Crippen LogP contribution in [0, 0.1) is 0 Å². The van der Waals surface area contributed by atoms with Crippen LogP contribution in [0.3, 0.4) is 0 Å². The molecule has 0 saturated heterocycles. The first kappa shape index (κ1) is 13.2. The lowest BCUT2D eigenvalue weighted by Crippen LogP contribution is -2.48. The summed E-state index contributed by atoms with van der Waals surface area (Å²) >= 11 is 0. The second-order valence-electron chi connectivity index (χ2n) is 4.92. The molecule has 2 aromatic carbocycles. The Bertz CT molecular complexity index is 607. The monoisotopic (exact) mass is 278 g/mol. The SMILES string of the molecule is FC(F)(F)C1(c2ccccc2)Cc2ccccc2CO1. The fraction of sp³-hybridized carbons (Fsp3) is 0.250. The van der Waals surface area contributed by atoms with Gasteiger partial charge in [-0.25, -0.2) is 0 Å². The van der Waals surface area contributed by atoms with Crippen LogP contribution in [0.25, 0.3) is 0 Å². The van der Waals surface area contributed by atoms with E-state index in [1.165, 1.54) is 12.1 Å². The van der Waals surface area contributed by atoms with Gasteiger partial charge in [0.15, 0.2) is 5.60 Å². The van der Waals surface area contributed by atoms with E-state index in [0.717, 1.165) is 5.56 Å². The molecule has 4 heteroatoms. The Labute approximate surface area is 115 Å². The van der Waals surface area contributed by atoms with E-state index >= 15 is 0 Å². The second kappa shape index (κ2) is 4.63. The zero-order valence-electron chi connectivity index (χ0n) is 10.7. The third-order valence-corrected chi connectivity index (χ3v) is 3.73. The largest absolute Gasteiger partial charge is 0.422 e. The number of halogens is 3. The smallest absolute Gasteiger partial charge is 0.356 e. The predicted molar refractivity (Wildman–Crippen MR) is 69.1 cm³/mol. The van der Waals surface area contributed by atoms with Crippen molar-refractivity contribution in [2.24, 2.45) is 0 Å². The summed E-state index contributed by atoms with van der Waals surface area (Å²) in [6.07, 6.45) is -4.64. The summed E-state index contributed by atoms with van der Waals surface area (Å²) in [7, 11) is 0. The van der Waals surface area contributed by atoms with E-state index in [1.54, 1.807) is 36.4 Å². The van der Waals surface area contributed by atoms with Crippen molar-refractivity contribution in [2.45, 2.75) is 24.8 Å². The van der Waals surface area contributed by atoms with Crippen LogP contribution in [0.2, 0.25) is 0 Å². The Balaban J connectivity index is 2.11. The summed E-state index contributed by atoms with van der Waals surface area (Å²) in [5, 5.41) is 0. The maximum absolute atomic E-state index is 13.7. The molecule has 0 aromatic heterocycles. The van der Waals surface area contributed by atoms with Crippen molar-refractivity contribution < 1.29 is 17.9 Å². The maximum Gasteiger partial charge on any atom is 0.422 e. The van der Waals surface area contributed by atoms with Gasteiger partial charge in [-0.15, -0.1) is 0 Å². The summed E-state index contributed by atoms with van der Waals surface area (Å²) in [5.74, 6) is 0. The van der Waals surface area contributed by atoms with Gasteiger partial charge in [-0.05, 0) is 16.7 Å². The van der Waals surface area contributed by atoms with Crippen LogP contribution in [0.15, 0.2) is 54.6 Å². The molecule has 1 aliphatic rings. The molecule has 20 heavy (non-hydrogen) atoms. The molecule has 0 N–H and O–H groups in total. The molecular formula is C16H13F3O. The van der Waals surface area contributed by atoms with Crippen molar-refractivity contribution in [3.63, 3.8) is 0 Å². The van der Waals surface area contributed by atoms with Crippen LogP contribution in [-0.2, 0) is 23.4 Å². The van der Waals surface area contributed by atoms with Gasteiger partial charge in [0.25, 0.3) is 0 Å². The van der Waals surface area contributed by atoms with Crippen molar-refractivity contribution in [1.82, 2.24) is 0 Å². The first-order valence-corrected chi connectivity index (χ1v) is 6.36. The third kappa shape index (κ3) is 2.00. The molecule has 2 aromatic rings. The standard InChI is InChI=1S/C16H13F3O/c17-16(18,19)15(14-8-2-1-3-9-14)10-12-6-4-5-7-13(12)11-20-15/h1-9H,10-11H2. The van der Waals surface area contributed by atoms with Gasteiger partial charge in [-0.3, -0.25) is 0 Å². The molecule has 0 fully saturated rings. The zero-order chi connectivity index (χ0) is 14.2. The minimum Gasteiger partial charge on any atom is -0.356 e. The molecule has 1 heterocycles. The summed E-state index contributed by atoms with van der Waals surface area (Å²) in [6, 6.07) is 15.0. The minimum absolute atomic E-state index is 0.0232. The lowest BCUT2D eigenvalue weighted by Gasteiger charge is -2.40. The number of ether oxygens (including phenoxy) is 1. The van der Waals surface area contributed by atoms with E-state index in [1.807, 2.05) is 6.07 Å². The van der Waals surface area contributed by atoms with Crippen molar-refractivity contribution in [3.8, 4) is 0 Å². The lowest BCUT2D eigenvalue weighted by atomic mass is 9.83. The first-order chi connectivity index (χ1) is 9.53. The van der Waals surface area contributed by atoms with Crippen LogP contribution in [0.1, 0.15) is 16.7 Å². The molecule has 104 valence electrons. The van der Waals surface area contributed by atoms with Gasteiger partial charge in [-0.1, -0.05) is 54.6 Å². The molecule has 0 saturated carbocycles. The summed E-state index contributed by atoms with van der Waals surface area (Å²) < 4.78 is 46.3. The van der Waals surface area contributed by atoms with Crippen molar-refractivity contribution >= 4 is 0 Å². The van der Waals surface area contributed by atoms with Crippen LogP contribution < -0.4 is 0 Å². The highest BCUT2D eigenvalue weighted by atomic mass is 19.4. The van der Waals surface area contributed by atoms with E-state index in [4.69, 9.17) is 4.74 Å². The average molecular weight is 278 g/mol. The van der Waals surface area contributed by atoms with Gasteiger partial charge in [0.05, 0.1) is 6.61 Å². The van der Waals surface area contributed by atoms with Crippen molar-refractivity contribution in [2.75, 3.05) is 0 Å². The molecule has 1 nitrogen and oxygen atoms in total. The quantitative estimate of drug-likeness (QED) is 0.759. The van der Waals surface area contributed by atoms with Gasteiger partial charge >= 0.3 is 6.18 Å². The van der Waals surface area contributed by atoms with Crippen LogP contribution in [0.5, 0.6) is 0 Å². The molecule has 0 bridgehead atoms. The van der Waals surface area contributed by atoms with Gasteiger partial charge in [0, 0.05) is 6.42 Å². The predicted octanol–water partition coefficient (Wildman–Crippen LogP) is 4.22. The molecule has 1 unspecified atom stereocenters. The van der Waals surface area contributed by atoms with Gasteiger partial charge in [0.1, 0.15) is 0 Å². The molecule has 0 radical (unpaired) electrons. The Morgan fingerprint density at radius 2 is 1.45 bits per heavy atom. The van der Waals surface area contributed by atoms with E-state index in [9.17, 15) is 13.2 Å². The fourth-order valence-electron chi connectivity index (χ4n) is 2.63. The number of hydrogen-bond acceptors (Lipinski definition) is 1. The van der Waals surface area contributed by atoms with Gasteiger partial charge < -0.3 is 4.74 Å². The van der Waals surface area contributed by atoms with Crippen molar-refractivity contribution in [3.05, 3.63) is 71.3 Å². The normalized spacial score (nSPS) is 22.4. The summed E-state index contributed by atoms with van der Waals surface area (Å²) in [6.45, 7) is -0.0232. The Morgan fingerprint density at radius 1 is 0.850 bits per heavy atom. The number of hydrogen-bond donors (Lipinski definition) is 0. The van der Waals surface area contributed by atoms with Gasteiger partial charge in [-0.2, -0.15) is 13.2 Å². The maximum atomic E-state index is 13.7. The van der Waals surface area contributed by atoms with Crippen molar-refractivity contribution in [1.29, 1.82) is 0 Å². The molecule has 1 atom stereocenters. The van der Waals surface area contributed by atoms with Crippen LogP contribution in [0.4, 0.5) is 13.2 Å². The van der Waals surface area contributed by atoms with E-state index in [-0.39, 0.29) is 18.6 Å². The average Bonchev–Trinajstić information content (AvgIpc) is 2.46. The van der Waals surface area contributed by atoms with Gasteiger partial charge in [0.2, 0.25) is 0 Å². The second-order valence-corrected chi connectivity index (χ2v) is 4.92. The fourth-order valence-corrected chi connectivity index (χ4v) is 2.63. The molecule has 0 amide bonds. The molecule has 3 rings (SSSR count). The number of fused-ring (bicyclic) bond motifs is 1. The number of rotatable bonds is 1. The zero-order valence-corrected chi connectivity index (χ0v) is 10.7. The third-order valence-electron chi connectivity index (χ3n) is 3.73. The highest BCUT2D eigenvalue weighted by Gasteiger charge is 2.58. The number of alkyl halides is 3. The minimum atomic E-state index is -4.46. The summed E-state index contributed by atoms with van der Waals surface area (Å²) in [5.41, 5.74) is -0.576. The van der Waals surface area contributed by atoms with Crippen LogP contribution in [-0.4, -0.2) is 6.18 Å². The Kier molecular flexibility index (Phi) is 3.05. The highest BCUT2D eigenvalue weighted by molar-refractivity contribution is 5.35. The molecular weight excluding hydrogens is 265 g/mol. The topological polar surface area (TPSA) is 9.23 Å². The number of benzene rings is 2. The van der Waals surface area contributed by atoms with E-state index < -0.39 is 11.8 Å². The van der Waals surface area contributed by atoms with E-state index in [2.05, 4.69) is 0 Å². The van der Waals surface area contributed by atoms with E-state index in [0.29, 0.717) is 5.56 Å². The van der Waals surface area contributed by atoms with Crippen LogP contribution >= 0.6 is 0 Å².